The number of nitrogens with zero attached hydrogens (tertiary/aromatic N) is 2. The molecule has 0 aromatic heterocycles. The van der Waals surface area contributed by atoms with Gasteiger partial charge in [0.2, 0.25) is 0 Å². The van der Waals surface area contributed by atoms with Gasteiger partial charge in [-0.1, -0.05) is 74.5 Å². The largest absolute Gasteiger partial charge is 0.367 e. The number of hydrogen-bond donors (Lipinski definition) is 0. The molecule has 1 fully saturated rings. The summed E-state index contributed by atoms with van der Waals surface area (Å²) in [5.74, 6) is 0.752. The Morgan fingerprint density at radius 3 is 1.77 bits per heavy atom. The van der Waals surface area contributed by atoms with Crippen molar-refractivity contribution in [3.05, 3.63) is 71.8 Å². The quantitative estimate of drug-likeness (QED) is 0.712. The number of benzene rings is 2. The van der Waals surface area contributed by atoms with Crippen molar-refractivity contribution in [2.45, 2.75) is 20.0 Å². The normalized spacial score (nSPS) is 16.5. The molecular formula is C23H32N2O. The first-order valence-electron chi connectivity index (χ1n) is 9.88. The molecule has 1 heterocycles. The van der Waals surface area contributed by atoms with Crippen LogP contribution in [0.4, 0.5) is 0 Å². The van der Waals surface area contributed by atoms with Crippen molar-refractivity contribution in [2.24, 2.45) is 5.92 Å². The topological polar surface area (TPSA) is 15.7 Å². The average molecular weight is 353 g/mol. The van der Waals surface area contributed by atoms with Crippen molar-refractivity contribution in [2.75, 3.05) is 45.9 Å². The van der Waals surface area contributed by atoms with Gasteiger partial charge in [-0.2, -0.15) is 0 Å². The SMILES string of the molecule is CC(C)CN1CCN(CCOC(c2ccccc2)c2ccccc2)CC1. The van der Waals surface area contributed by atoms with Crippen LogP contribution < -0.4 is 0 Å². The third-order valence-electron chi connectivity index (χ3n) is 4.98. The Labute approximate surface area is 158 Å². The molecule has 0 radical (unpaired) electrons. The maximum Gasteiger partial charge on any atom is 0.108 e. The second-order valence-corrected chi connectivity index (χ2v) is 7.61. The van der Waals surface area contributed by atoms with E-state index in [9.17, 15) is 0 Å². The fraction of sp³-hybridized carbons (Fsp3) is 0.478. The minimum Gasteiger partial charge on any atom is -0.367 e. The molecule has 140 valence electrons. The monoisotopic (exact) mass is 352 g/mol. The van der Waals surface area contributed by atoms with Crippen LogP contribution in [0.3, 0.4) is 0 Å². The summed E-state index contributed by atoms with van der Waals surface area (Å²) in [6, 6.07) is 21.1. The van der Waals surface area contributed by atoms with Gasteiger partial charge in [0, 0.05) is 39.3 Å². The van der Waals surface area contributed by atoms with E-state index < -0.39 is 0 Å². The lowest BCUT2D eigenvalue weighted by Crippen LogP contribution is -2.48. The zero-order valence-corrected chi connectivity index (χ0v) is 16.2. The van der Waals surface area contributed by atoms with E-state index in [1.54, 1.807) is 0 Å². The third kappa shape index (κ3) is 5.66. The Bertz CT molecular complexity index is 582. The van der Waals surface area contributed by atoms with Crippen molar-refractivity contribution >= 4 is 0 Å². The summed E-state index contributed by atoms with van der Waals surface area (Å²) >= 11 is 0. The van der Waals surface area contributed by atoms with Gasteiger partial charge in [-0.15, -0.1) is 0 Å². The smallest absolute Gasteiger partial charge is 0.108 e. The van der Waals surface area contributed by atoms with Crippen LogP contribution in [0.2, 0.25) is 0 Å². The van der Waals surface area contributed by atoms with Gasteiger partial charge in [0.1, 0.15) is 6.10 Å². The molecule has 0 spiro atoms. The summed E-state index contributed by atoms with van der Waals surface area (Å²) < 4.78 is 6.35. The fourth-order valence-electron chi connectivity index (χ4n) is 3.65. The van der Waals surface area contributed by atoms with Crippen LogP contribution in [-0.4, -0.2) is 55.7 Å². The lowest BCUT2D eigenvalue weighted by atomic mass is 10.0. The van der Waals surface area contributed by atoms with E-state index in [1.807, 2.05) is 0 Å². The van der Waals surface area contributed by atoms with Crippen LogP contribution in [0.1, 0.15) is 31.1 Å². The molecule has 3 rings (SSSR count). The van der Waals surface area contributed by atoms with Gasteiger partial charge in [-0.3, -0.25) is 4.90 Å². The summed E-state index contributed by atoms with van der Waals surface area (Å²) in [7, 11) is 0. The maximum absolute atomic E-state index is 6.35. The molecule has 1 aliphatic heterocycles. The standard InChI is InChI=1S/C23H32N2O/c1-20(2)19-25-15-13-24(14-16-25)17-18-26-23(21-9-5-3-6-10-21)22-11-7-4-8-12-22/h3-12,20,23H,13-19H2,1-2H3. The molecule has 0 N–H and O–H groups in total. The second kappa shape index (κ2) is 9.86. The van der Waals surface area contributed by atoms with Gasteiger partial charge in [-0.05, 0) is 17.0 Å². The Morgan fingerprint density at radius 2 is 1.27 bits per heavy atom. The van der Waals surface area contributed by atoms with Crippen LogP contribution in [-0.2, 0) is 4.74 Å². The molecule has 1 aliphatic rings. The molecule has 3 nitrogen and oxygen atoms in total. The molecule has 2 aromatic carbocycles. The number of piperazine rings is 1. The lowest BCUT2D eigenvalue weighted by molar-refractivity contribution is 0.0437. The first-order chi connectivity index (χ1) is 12.7. The summed E-state index contributed by atoms with van der Waals surface area (Å²) in [5.41, 5.74) is 2.45. The van der Waals surface area contributed by atoms with Gasteiger partial charge < -0.3 is 9.64 Å². The van der Waals surface area contributed by atoms with Gasteiger partial charge in [0.15, 0.2) is 0 Å². The summed E-state index contributed by atoms with van der Waals surface area (Å²) in [6.45, 7) is 12.2. The zero-order chi connectivity index (χ0) is 18.2. The van der Waals surface area contributed by atoms with E-state index in [0.29, 0.717) is 0 Å². The maximum atomic E-state index is 6.35. The Kier molecular flexibility index (Phi) is 7.24. The zero-order valence-electron chi connectivity index (χ0n) is 16.2. The highest BCUT2D eigenvalue weighted by Gasteiger charge is 2.19. The predicted molar refractivity (Wildman–Crippen MR) is 108 cm³/mol. The van der Waals surface area contributed by atoms with Crippen LogP contribution in [0, 0.1) is 5.92 Å². The number of hydrogen-bond acceptors (Lipinski definition) is 3. The van der Waals surface area contributed by atoms with Gasteiger partial charge in [0.05, 0.1) is 6.61 Å². The van der Waals surface area contributed by atoms with Crippen molar-refractivity contribution < 1.29 is 4.74 Å². The Hall–Kier alpha value is -1.68. The average Bonchev–Trinajstić information content (AvgIpc) is 2.67. The minimum atomic E-state index is 0.0135. The molecule has 0 amide bonds. The highest BCUT2D eigenvalue weighted by Crippen LogP contribution is 2.25. The van der Waals surface area contributed by atoms with E-state index in [4.69, 9.17) is 4.74 Å². The van der Waals surface area contributed by atoms with E-state index >= 15 is 0 Å². The fourth-order valence-corrected chi connectivity index (χ4v) is 3.65. The molecule has 3 heteroatoms. The highest BCUT2D eigenvalue weighted by atomic mass is 16.5. The van der Waals surface area contributed by atoms with Gasteiger partial charge in [0.25, 0.3) is 0 Å². The van der Waals surface area contributed by atoms with Crippen LogP contribution >= 0.6 is 0 Å². The van der Waals surface area contributed by atoms with E-state index in [1.165, 1.54) is 30.8 Å². The molecular weight excluding hydrogens is 320 g/mol. The van der Waals surface area contributed by atoms with Crippen LogP contribution in [0.15, 0.2) is 60.7 Å². The van der Waals surface area contributed by atoms with E-state index in [2.05, 4.69) is 84.3 Å². The lowest BCUT2D eigenvalue weighted by Gasteiger charge is -2.35. The molecule has 1 saturated heterocycles. The second-order valence-electron chi connectivity index (χ2n) is 7.61. The summed E-state index contributed by atoms with van der Waals surface area (Å²) in [5, 5.41) is 0. The molecule has 26 heavy (non-hydrogen) atoms. The molecule has 0 bridgehead atoms. The predicted octanol–water partition coefficient (Wildman–Crippen LogP) is 4.07. The third-order valence-corrected chi connectivity index (χ3v) is 4.98. The first-order valence-corrected chi connectivity index (χ1v) is 9.88. The number of ether oxygens (including phenoxy) is 1. The number of rotatable bonds is 8. The van der Waals surface area contributed by atoms with Crippen LogP contribution in [0.5, 0.6) is 0 Å². The molecule has 0 atom stereocenters. The molecule has 0 saturated carbocycles. The van der Waals surface area contributed by atoms with Gasteiger partial charge >= 0.3 is 0 Å². The molecule has 2 aromatic rings. The first kappa shape index (κ1) is 19.1. The molecule has 0 unspecified atom stereocenters. The summed E-state index contributed by atoms with van der Waals surface area (Å²) in [4.78, 5) is 5.11. The Balaban J connectivity index is 1.51. The van der Waals surface area contributed by atoms with E-state index in [0.717, 1.165) is 32.2 Å². The Morgan fingerprint density at radius 1 is 0.769 bits per heavy atom. The van der Waals surface area contributed by atoms with E-state index in [-0.39, 0.29) is 6.10 Å². The van der Waals surface area contributed by atoms with Crippen molar-refractivity contribution in [1.29, 1.82) is 0 Å². The van der Waals surface area contributed by atoms with Crippen molar-refractivity contribution in [3.63, 3.8) is 0 Å². The van der Waals surface area contributed by atoms with Gasteiger partial charge in [-0.25, -0.2) is 0 Å². The van der Waals surface area contributed by atoms with Crippen LogP contribution in [0.25, 0.3) is 0 Å². The summed E-state index contributed by atoms with van der Waals surface area (Å²) in [6.07, 6.45) is 0.0135. The molecule has 0 aliphatic carbocycles. The minimum absolute atomic E-state index is 0.0135. The van der Waals surface area contributed by atoms with Crippen molar-refractivity contribution in [3.8, 4) is 0 Å². The van der Waals surface area contributed by atoms with Crippen molar-refractivity contribution in [1.82, 2.24) is 9.80 Å². The highest BCUT2D eigenvalue weighted by molar-refractivity contribution is 5.29.